The van der Waals surface area contributed by atoms with Gasteiger partial charge in [0.25, 0.3) is 0 Å². The Morgan fingerprint density at radius 3 is 0.951 bits per heavy atom. The van der Waals surface area contributed by atoms with Gasteiger partial charge in [-0.05, 0) is 0 Å². The molecule has 0 aliphatic heterocycles. The van der Waals surface area contributed by atoms with Crippen molar-refractivity contribution in [2.45, 2.75) is 79.2 Å². The Morgan fingerprint density at radius 2 is 0.732 bits per heavy atom. The average molecular weight is 662 g/mol. The molecule has 41 heavy (non-hydrogen) atoms. The first kappa shape index (κ1) is 39.5. The second kappa shape index (κ2) is 13.0. The van der Waals surface area contributed by atoms with Crippen molar-refractivity contribution >= 4 is 0 Å². The molecule has 0 saturated carbocycles. The number of halogens is 20. The lowest BCUT2D eigenvalue weighted by atomic mass is 9.97. The summed E-state index contributed by atoms with van der Waals surface area (Å²) in [6.07, 6.45) is -17.6. The zero-order chi connectivity index (χ0) is 33.1. The lowest BCUT2D eigenvalue weighted by Gasteiger charge is -2.36. The zero-order valence-corrected chi connectivity index (χ0v) is 19.8. The topological polar surface area (TPSA) is 27.7 Å². The molecule has 3 nitrogen and oxygen atoms in total. The summed E-state index contributed by atoms with van der Waals surface area (Å²) in [5.41, 5.74) is 0. The SMILES string of the molecule is COC(COCCC(F)(F)C(F)(F)C(F)(F)C(F)(F)C(F)F)COCCC(F)(F)C(F)(F)C(F)(F)C(F)(F)C(F)F. The van der Waals surface area contributed by atoms with Gasteiger partial charge in [0.15, 0.2) is 0 Å². The summed E-state index contributed by atoms with van der Waals surface area (Å²) < 4.78 is 273. The van der Waals surface area contributed by atoms with E-state index in [0.29, 0.717) is 0 Å². The molecule has 0 aliphatic carbocycles. The minimum atomic E-state index is -7.25. The molecule has 0 aromatic carbocycles. The smallest absolute Gasteiger partial charge is 0.378 e. The molecule has 0 atom stereocenters. The van der Waals surface area contributed by atoms with Crippen LogP contribution < -0.4 is 0 Å². The van der Waals surface area contributed by atoms with Crippen LogP contribution in [0, 0.1) is 0 Å². The lowest BCUT2D eigenvalue weighted by molar-refractivity contribution is -0.385. The van der Waals surface area contributed by atoms with Gasteiger partial charge in [0, 0.05) is 20.0 Å². The number of methoxy groups -OCH3 is 1. The van der Waals surface area contributed by atoms with Crippen LogP contribution in [0.5, 0.6) is 0 Å². The molecule has 0 unspecified atom stereocenters. The molecule has 0 spiro atoms. The van der Waals surface area contributed by atoms with Crippen LogP contribution >= 0.6 is 0 Å². The van der Waals surface area contributed by atoms with E-state index in [4.69, 9.17) is 0 Å². The molecule has 0 N–H and O–H groups in total. The van der Waals surface area contributed by atoms with Crippen molar-refractivity contribution < 1.29 is 102 Å². The first-order chi connectivity index (χ1) is 18.0. The Balaban J connectivity index is 5.04. The molecule has 0 fully saturated rings. The van der Waals surface area contributed by atoms with Crippen molar-refractivity contribution in [3.05, 3.63) is 0 Å². The Labute approximate surface area is 216 Å². The van der Waals surface area contributed by atoms with Gasteiger partial charge in [0.05, 0.1) is 26.4 Å². The minimum absolute atomic E-state index is 0.725. The standard InChI is InChI=1S/C18H18F20O3/c1-39-8(6-40-4-2-11(23,24)15(31,32)17(35,36)13(27,28)9(19)20)7-41-5-3-12(25,26)16(33,34)18(37,38)14(29,30)10(21)22/h8-10H,2-7H2,1H3. The van der Waals surface area contributed by atoms with Gasteiger partial charge in [-0.1, -0.05) is 0 Å². The van der Waals surface area contributed by atoms with Gasteiger partial charge < -0.3 is 14.2 Å². The fourth-order valence-corrected chi connectivity index (χ4v) is 2.48. The van der Waals surface area contributed by atoms with Crippen molar-refractivity contribution in [2.75, 3.05) is 33.5 Å². The second-order valence-electron chi connectivity index (χ2n) is 8.06. The van der Waals surface area contributed by atoms with Crippen LogP contribution in [0.1, 0.15) is 12.8 Å². The monoisotopic (exact) mass is 662 g/mol. The average Bonchev–Trinajstić information content (AvgIpc) is 2.81. The summed E-state index contributed by atoms with van der Waals surface area (Å²) in [5, 5.41) is 0. The highest BCUT2D eigenvalue weighted by molar-refractivity contribution is 5.05. The molecule has 0 aromatic rings. The molecule has 0 amide bonds. The van der Waals surface area contributed by atoms with E-state index >= 15 is 0 Å². The van der Waals surface area contributed by atoms with Crippen molar-refractivity contribution in [3.63, 3.8) is 0 Å². The molecule has 0 heterocycles. The van der Waals surface area contributed by atoms with Crippen molar-refractivity contribution in [2.24, 2.45) is 0 Å². The predicted octanol–water partition coefficient (Wildman–Crippen LogP) is 7.43. The number of ether oxygens (including phenoxy) is 3. The van der Waals surface area contributed by atoms with Crippen LogP contribution in [-0.2, 0) is 14.2 Å². The van der Waals surface area contributed by atoms with E-state index in [1.165, 1.54) is 0 Å². The van der Waals surface area contributed by atoms with Gasteiger partial charge >= 0.3 is 60.2 Å². The molecule has 23 heteroatoms. The molecule has 0 bridgehead atoms. The largest absolute Gasteiger partial charge is 0.384 e. The van der Waals surface area contributed by atoms with Gasteiger partial charge in [0.1, 0.15) is 6.10 Å². The van der Waals surface area contributed by atoms with E-state index < -0.39 is 106 Å². The fourth-order valence-electron chi connectivity index (χ4n) is 2.48. The third-order valence-electron chi connectivity index (χ3n) is 5.15. The van der Waals surface area contributed by atoms with Crippen LogP contribution in [-0.4, -0.2) is 99.9 Å². The Morgan fingerprint density at radius 1 is 0.463 bits per heavy atom. The maximum atomic E-state index is 13.5. The summed E-state index contributed by atoms with van der Waals surface area (Å²) in [6.45, 7) is -5.60. The van der Waals surface area contributed by atoms with Crippen LogP contribution in [0.15, 0.2) is 0 Å². The van der Waals surface area contributed by atoms with Crippen LogP contribution in [0.3, 0.4) is 0 Å². The molecule has 0 radical (unpaired) electrons. The first-order valence-electron chi connectivity index (χ1n) is 10.3. The van der Waals surface area contributed by atoms with Crippen molar-refractivity contribution in [1.82, 2.24) is 0 Å². The normalized spacial score (nSPS) is 15.5. The highest BCUT2D eigenvalue weighted by Crippen LogP contribution is 2.56. The summed E-state index contributed by atoms with van der Waals surface area (Å²) in [5.74, 6) is -54.5. The quantitative estimate of drug-likeness (QED) is 0.107. The van der Waals surface area contributed by atoms with E-state index in [9.17, 15) is 87.8 Å². The lowest BCUT2D eigenvalue weighted by Crippen LogP contribution is -2.64. The molecule has 248 valence electrons. The molecule has 0 aliphatic rings. The van der Waals surface area contributed by atoms with E-state index in [0.717, 1.165) is 7.11 Å². The summed E-state index contributed by atoms with van der Waals surface area (Å²) >= 11 is 0. The van der Waals surface area contributed by atoms with Crippen LogP contribution in [0.2, 0.25) is 0 Å². The predicted molar refractivity (Wildman–Crippen MR) is 93.3 cm³/mol. The number of hydrogen-bond acceptors (Lipinski definition) is 3. The summed E-state index contributed by atoms with van der Waals surface area (Å²) in [7, 11) is 0.725. The van der Waals surface area contributed by atoms with E-state index in [-0.39, 0.29) is 0 Å². The second-order valence-corrected chi connectivity index (χ2v) is 8.06. The molecular formula is C18H18F20O3. The van der Waals surface area contributed by atoms with Gasteiger partial charge in [-0.2, -0.15) is 70.2 Å². The first-order valence-corrected chi connectivity index (χ1v) is 10.3. The van der Waals surface area contributed by atoms with Crippen LogP contribution in [0.4, 0.5) is 87.8 Å². The Kier molecular flexibility index (Phi) is 12.5. The molecule has 0 saturated heterocycles. The highest BCUT2D eigenvalue weighted by Gasteiger charge is 2.83. The number of hydrogen-bond donors (Lipinski definition) is 0. The van der Waals surface area contributed by atoms with Gasteiger partial charge in [-0.15, -0.1) is 0 Å². The maximum absolute atomic E-state index is 13.5. The molecule has 0 rings (SSSR count). The van der Waals surface area contributed by atoms with Crippen molar-refractivity contribution in [1.29, 1.82) is 0 Å². The van der Waals surface area contributed by atoms with E-state index in [2.05, 4.69) is 14.2 Å². The zero-order valence-electron chi connectivity index (χ0n) is 19.8. The summed E-state index contributed by atoms with van der Waals surface area (Å²) in [6, 6.07) is 0. The Bertz CT molecular complexity index is 751. The van der Waals surface area contributed by atoms with E-state index in [1.807, 2.05) is 0 Å². The Hall–Kier alpha value is -1.52. The van der Waals surface area contributed by atoms with Crippen molar-refractivity contribution in [3.8, 4) is 0 Å². The van der Waals surface area contributed by atoms with Gasteiger partial charge in [-0.25, -0.2) is 17.6 Å². The highest BCUT2D eigenvalue weighted by atomic mass is 19.4. The third kappa shape index (κ3) is 7.53. The van der Waals surface area contributed by atoms with Gasteiger partial charge in [0.2, 0.25) is 0 Å². The number of alkyl halides is 20. The van der Waals surface area contributed by atoms with Crippen LogP contribution in [0.25, 0.3) is 0 Å². The van der Waals surface area contributed by atoms with Gasteiger partial charge in [-0.3, -0.25) is 0 Å². The maximum Gasteiger partial charge on any atom is 0.384 e. The minimum Gasteiger partial charge on any atom is -0.378 e. The third-order valence-corrected chi connectivity index (χ3v) is 5.15. The molecular weight excluding hydrogens is 644 g/mol. The van der Waals surface area contributed by atoms with E-state index in [1.54, 1.807) is 0 Å². The fraction of sp³-hybridized carbons (Fsp3) is 1.00. The molecule has 0 aromatic heterocycles. The number of rotatable bonds is 19. The summed E-state index contributed by atoms with van der Waals surface area (Å²) in [4.78, 5) is 0.